The normalized spacial score (nSPS) is 10.9. The number of carbonyl (C=O) groups is 1. The Morgan fingerprint density at radius 3 is 2.67 bits per heavy atom. The molecule has 0 fully saturated rings. The Hall–Kier alpha value is -3.64. The summed E-state index contributed by atoms with van der Waals surface area (Å²) >= 11 is 0.688. The van der Waals surface area contributed by atoms with E-state index < -0.39 is 17.5 Å². The van der Waals surface area contributed by atoms with E-state index in [1.54, 1.807) is 16.7 Å². The molecule has 0 spiro atoms. The lowest BCUT2D eigenvalue weighted by Gasteiger charge is -2.10. The summed E-state index contributed by atoms with van der Waals surface area (Å²) in [5.41, 5.74) is 1.38. The third-order valence-corrected chi connectivity index (χ3v) is 5.04. The van der Waals surface area contributed by atoms with Gasteiger partial charge in [0.1, 0.15) is 23.1 Å². The van der Waals surface area contributed by atoms with Gasteiger partial charge in [0.2, 0.25) is 0 Å². The van der Waals surface area contributed by atoms with E-state index in [1.807, 2.05) is 0 Å². The number of amides is 1. The Labute approximate surface area is 171 Å². The van der Waals surface area contributed by atoms with Gasteiger partial charge in [-0.2, -0.15) is 0 Å². The van der Waals surface area contributed by atoms with Crippen molar-refractivity contribution in [2.45, 2.75) is 16.6 Å². The van der Waals surface area contributed by atoms with E-state index in [0.717, 1.165) is 12.1 Å². The first-order valence-electron chi connectivity index (χ1n) is 8.40. The Kier molecular flexibility index (Phi) is 5.50. The molecule has 4 rings (SSSR count). The predicted molar refractivity (Wildman–Crippen MR) is 98.6 cm³/mol. The predicted octanol–water partition coefficient (Wildman–Crippen LogP) is 2.92. The summed E-state index contributed by atoms with van der Waals surface area (Å²) in [5, 5.41) is 16.9. The van der Waals surface area contributed by atoms with Crippen LogP contribution < -0.4 is 5.48 Å². The van der Waals surface area contributed by atoms with E-state index in [9.17, 15) is 13.6 Å². The fraction of sp³-hybridized carbons (Fsp3) is 0.0556. The number of nitrogens with zero attached hydrogens (tertiary/aromatic N) is 5. The molecule has 152 valence electrons. The van der Waals surface area contributed by atoms with Crippen molar-refractivity contribution in [2.24, 2.45) is 0 Å². The molecule has 3 heterocycles. The zero-order valence-electron chi connectivity index (χ0n) is 15.0. The molecule has 0 bridgehead atoms. The first kappa shape index (κ1) is 19.7. The number of hydrogen-bond donors (Lipinski definition) is 2. The number of rotatable bonds is 6. The maximum atomic E-state index is 14.5. The SMILES string of the molecule is O=C(NO)c1cc(F)c(Sc2nnc(-c3cnccn3)n2Cc2ccco2)c(F)c1. The second kappa shape index (κ2) is 8.39. The molecule has 0 aliphatic heterocycles. The van der Waals surface area contributed by atoms with Gasteiger partial charge in [-0.15, -0.1) is 10.2 Å². The molecule has 12 heteroatoms. The Morgan fingerprint density at radius 1 is 1.23 bits per heavy atom. The first-order valence-corrected chi connectivity index (χ1v) is 9.21. The lowest BCUT2D eigenvalue weighted by atomic mass is 10.2. The minimum Gasteiger partial charge on any atom is -0.467 e. The highest BCUT2D eigenvalue weighted by molar-refractivity contribution is 7.99. The number of carbonyl (C=O) groups excluding carboxylic acids is 1. The van der Waals surface area contributed by atoms with Crippen LogP contribution in [0.5, 0.6) is 0 Å². The Morgan fingerprint density at radius 2 is 2.03 bits per heavy atom. The Bertz CT molecular complexity index is 1160. The third-order valence-electron chi connectivity index (χ3n) is 3.96. The number of furan rings is 1. The van der Waals surface area contributed by atoms with E-state index in [2.05, 4.69) is 20.2 Å². The van der Waals surface area contributed by atoms with Crippen LogP contribution >= 0.6 is 11.8 Å². The average molecular weight is 430 g/mol. The van der Waals surface area contributed by atoms with Crippen LogP contribution in [0.1, 0.15) is 16.1 Å². The van der Waals surface area contributed by atoms with Crippen molar-refractivity contribution in [2.75, 3.05) is 0 Å². The van der Waals surface area contributed by atoms with E-state index in [-0.39, 0.29) is 22.2 Å². The summed E-state index contributed by atoms with van der Waals surface area (Å²) in [6.07, 6.45) is 5.97. The summed E-state index contributed by atoms with van der Waals surface area (Å²) in [5.74, 6) is -2.12. The molecule has 1 aromatic carbocycles. The molecule has 9 nitrogen and oxygen atoms in total. The van der Waals surface area contributed by atoms with Crippen LogP contribution in [-0.4, -0.2) is 35.8 Å². The highest BCUT2D eigenvalue weighted by Gasteiger charge is 2.22. The number of hydroxylamine groups is 1. The van der Waals surface area contributed by atoms with Crippen molar-refractivity contribution >= 4 is 17.7 Å². The molecule has 1 amide bonds. The van der Waals surface area contributed by atoms with Crippen LogP contribution in [0.4, 0.5) is 8.78 Å². The maximum Gasteiger partial charge on any atom is 0.274 e. The van der Waals surface area contributed by atoms with E-state index in [0.29, 0.717) is 29.0 Å². The molecular weight excluding hydrogens is 418 g/mol. The molecule has 0 aliphatic rings. The van der Waals surface area contributed by atoms with Crippen LogP contribution in [0.3, 0.4) is 0 Å². The number of halogens is 2. The number of nitrogens with one attached hydrogen (secondary N) is 1. The molecule has 0 saturated carbocycles. The summed E-state index contributed by atoms with van der Waals surface area (Å²) in [6, 6.07) is 5.07. The lowest BCUT2D eigenvalue weighted by Crippen LogP contribution is -2.19. The molecular formula is C18H12F2N6O3S. The lowest BCUT2D eigenvalue weighted by molar-refractivity contribution is 0.0705. The molecule has 0 radical (unpaired) electrons. The van der Waals surface area contributed by atoms with Gasteiger partial charge in [-0.1, -0.05) is 0 Å². The molecule has 0 unspecified atom stereocenters. The molecule has 0 atom stereocenters. The van der Waals surface area contributed by atoms with Crippen molar-refractivity contribution in [1.82, 2.24) is 30.2 Å². The smallest absolute Gasteiger partial charge is 0.274 e. The van der Waals surface area contributed by atoms with Gasteiger partial charge in [-0.05, 0) is 36.0 Å². The molecule has 30 heavy (non-hydrogen) atoms. The van der Waals surface area contributed by atoms with Gasteiger partial charge in [0.25, 0.3) is 5.91 Å². The summed E-state index contributed by atoms with van der Waals surface area (Å²) in [4.78, 5) is 19.2. The summed E-state index contributed by atoms with van der Waals surface area (Å²) < 4.78 is 36.0. The molecule has 2 N–H and O–H groups in total. The van der Waals surface area contributed by atoms with Gasteiger partial charge < -0.3 is 4.42 Å². The highest BCUT2D eigenvalue weighted by atomic mass is 32.2. The van der Waals surface area contributed by atoms with Crippen LogP contribution in [0, 0.1) is 11.6 Å². The van der Waals surface area contributed by atoms with Gasteiger partial charge in [0.05, 0.1) is 23.9 Å². The van der Waals surface area contributed by atoms with Gasteiger partial charge >= 0.3 is 0 Å². The molecule has 4 aromatic rings. The van der Waals surface area contributed by atoms with Crippen molar-refractivity contribution in [3.8, 4) is 11.5 Å². The fourth-order valence-corrected chi connectivity index (χ4v) is 3.45. The van der Waals surface area contributed by atoms with Crippen LogP contribution in [0.15, 0.2) is 63.6 Å². The van der Waals surface area contributed by atoms with E-state index in [1.165, 1.54) is 30.3 Å². The van der Waals surface area contributed by atoms with Crippen molar-refractivity contribution in [1.29, 1.82) is 0 Å². The second-order valence-electron chi connectivity index (χ2n) is 5.87. The number of benzene rings is 1. The van der Waals surface area contributed by atoms with Crippen LogP contribution in [0.2, 0.25) is 0 Å². The molecule has 0 aliphatic carbocycles. The minimum atomic E-state index is -1.03. The largest absolute Gasteiger partial charge is 0.467 e. The van der Waals surface area contributed by atoms with Gasteiger partial charge in [0.15, 0.2) is 11.0 Å². The second-order valence-corrected chi connectivity index (χ2v) is 6.85. The zero-order chi connectivity index (χ0) is 21.1. The molecule has 3 aromatic heterocycles. The van der Waals surface area contributed by atoms with Crippen molar-refractivity contribution < 1.29 is 23.2 Å². The van der Waals surface area contributed by atoms with Crippen molar-refractivity contribution in [3.63, 3.8) is 0 Å². The van der Waals surface area contributed by atoms with Crippen LogP contribution in [0.25, 0.3) is 11.5 Å². The Balaban J connectivity index is 1.74. The topological polar surface area (TPSA) is 119 Å². The average Bonchev–Trinajstić information content (AvgIpc) is 3.41. The quantitative estimate of drug-likeness (QED) is 0.354. The third kappa shape index (κ3) is 3.90. The highest BCUT2D eigenvalue weighted by Crippen LogP contribution is 2.34. The molecule has 0 saturated heterocycles. The maximum absolute atomic E-state index is 14.5. The summed E-state index contributed by atoms with van der Waals surface area (Å²) in [7, 11) is 0. The van der Waals surface area contributed by atoms with Crippen molar-refractivity contribution in [3.05, 3.63) is 72.1 Å². The number of hydrogen-bond acceptors (Lipinski definition) is 8. The van der Waals surface area contributed by atoms with E-state index >= 15 is 0 Å². The summed E-state index contributed by atoms with van der Waals surface area (Å²) in [6.45, 7) is 0.183. The van der Waals surface area contributed by atoms with Gasteiger partial charge in [-0.3, -0.25) is 19.6 Å². The zero-order valence-corrected chi connectivity index (χ0v) is 15.8. The van der Waals surface area contributed by atoms with Gasteiger partial charge in [0, 0.05) is 18.0 Å². The van der Waals surface area contributed by atoms with Gasteiger partial charge in [-0.25, -0.2) is 19.2 Å². The van der Waals surface area contributed by atoms with Crippen LogP contribution in [-0.2, 0) is 6.54 Å². The monoisotopic (exact) mass is 430 g/mol. The minimum absolute atomic E-state index is 0.171. The first-order chi connectivity index (χ1) is 14.6. The van der Waals surface area contributed by atoms with E-state index in [4.69, 9.17) is 9.62 Å². The number of aromatic nitrogens is 5. The standard InChI is InChI=1S/C18H12F2N6O3S/c19-12-6-10(17(27)25-28)7-13(20)15(12)30-18-24-23-16(14-8-21-3-4-22-14)26(18)9-11-2-1-5-29-11/h1-8,28H,9H2,(H,25,27). The fourth-order valence-electron chi connectivity index (χ4n) is 2.61.